The molecule has 0 N–H and O–H groups in total. The molecule has 3 heteroatoms. The van der Waals surface area contributed by atoms with E-state index in [2.05, 4.69) is 0 Å². The van der Waals surface area contributed by atoms with Gasteiger partial charge in [0, 0.05) is 0 Å². The van der Waals surface area contributed by atoms with E-state index in [0.29, 0.717) is 0 Å². The zero-order valence-electron chi connectivity index (χ0n) is 8.14. The molecule has 64 valence electrons. The van der Waals surface area contributed by atoms with Gasteiger partial charge in [-0.2, -0.15) is 0 Å². The van der Waals surface area contributed by atoms with Crippen LogP contribution in [-0.2, 0) is 0 Å². The van der Waals surface area contributed by atoms with Crippen LogP contribution in [0.2, 0.25) is 0 Å². The predicted molar refractivity (Wildman–Crippen MR) is 45.3 cm³/mol. The Kier molecular flexibility index (Phi) is 17.2. The fourth-order valence-corrected chi connectivity index (χ4v) is 0.144. The maximum absolute atomic E-state index is 10.1. The molecule has 0 rings (SSSR count). The summed E-state index contributed by atoms with van der Waals surface area (Å²) in [6.07, 6.45) is 1.86. The van der Waals surface area contributed by atoms with E-state index in [-0.39, 0.29) is 29.7 Å². The van der Waals surface area contributed by atoms with Crippen LogP contribution in [0, 0.1) is 0 Å². The van der Waals surface area contributed by atoms with E-state index in [9.17, 15) is 10.2 Å². The zero-order valence-corrected chi connectivity index (χ0v) is 9.56. The average molecular weight is 171 g/mol. The largest absolute Gasteiger partial charge is 2.00 e. The minimum Gasteiger partial charge on any atom is -0.854 e. The topological polar surface area (TPSA) is 46.1 Å². The van der Waals surface area contributed by atoms with Gasteiger partial charge in [0.15, 0.2) is 0 Å². The van der Waals surface area contributed by atoms with Gasteiger partial charge < -0.3 is 10.2 Å². The van der Waals surface area contributed by atoms with E-state index in [1.54, 1.807) is 20.8 Å². The summed E-state index contributed by atoms with van der Waals surface area (Å²) < 4.78 is 0. The van der Waals surface area contributed by atoms with Crippen LogP contribution in [-0.4, -0.2) is 35.3 Å². The normalized spacial score (nSPS) is 9.27. The molecule has 0 aliphatic heterocycles. The van der Waals surface area contributed by atoms with Crippen molar-refractivity contribution in [3.8, 4) is 0 Å². The standard InChI is InChI=1S/2C4H9O.Mg/c1-4(2,3)5;1-2-3-4-5;/h1-3H3;2-4H2,1H3;/q2*-1;+2. The third-order valence-corrected chi connectivity index (χ3v) is 0.498. The molecule has 0 radical (unpaired) electrons. The van der Waals surface area contributed by atoms with Gasteiger partial charge in [-0.1, -0.05) is 40.5 Å². The summed E-state index contributed by atoms with van der Waals surface area (Å²) in [5, 5.41) is 19.6. The summed E-state index contributed by atoms with van der Waals surface area (Å²) in [6.45, 7) is 7.00. The smallest absolute Gasteiger partial charge is 0.854 e. The van der Waals surface area contributed by atoms with Gasteiger partial charge in [-0.15, -0.1) is 12.2 Å². The van der Waals surface area contributed by atoms with Crippen LogP contribution in [0.5, 0.6) is 0 Å². The summed E-state index contributed by atoms with van der Waals surface area (Å²) in [6, 6.07) is 0. The summed E-state index contributed by atoms with van der Waals surface area (Å²) in [5.41, 5.74) is -0.750. The molecule has 0 aromatic carbocycles. The molecule has 0 unspecified atom stereocenters. The predicted octanol–water partition coefficient (Wildman–Crippen LogP) is -0.0888. The SMILES string of the molecule is CC(C)(C)[O-].CCCC[O-].[Mg+2]. The van der Waals surface area contributed by atoms with Crippen molar-refractivity contribution in [3.63, 3.8) is 0 Å². The first kappa shape index (κ1) is 17.7. The Bertz CT molecular complexity index is 51.6. The molecule has 0 amide bonds. The van der Waals surface area contributed by atoms with Gasteiger partial charge in [0.05, 0.1) is 0 Å². The molecule has 0 spiro atoms. The Morgan fingerprint density at radius 1 is 1.18 bits per heavy atom. The van der Waals surface area contributed by atoms with Crippen molar-refractivity contribution in [2.75, 3.05) is 6.61 Å². The molecule has 0 aliphatic carbocycles. The molecule has 0 aliphatic rings. The molecule has 2 nitrogen and oxygen atoms in total. The summed E-state index contributed by atoms with van der Waals surface area (Å²) in [4.78, 5) is 0. The number of rotatable bonds is 2. The quantitative estimate of drug-likeness (QED) is 0.544. The van der Waals surface area contributed by atoms with E-state index < -0.39 is 5.60 Å². The van der Waals surface area contributed by atoms with Crippen molar-refractivity contribution in [1.29, 1.82) is 0 Å². The summed E-state index contributed by atoms with van der Waals surface area (Å²) in [7, 11) is 0. The van der Waals surface area contributed by atoms with Crippen molar-refractivity contribution in [2.24, 2.45) is 0 Å². The fraction of sp³-hybridized carbons (Fsp3) is 1.00. The van der Waals surface area contributed by atoms with Gasteiger partial charge in [0.2, 0.25) is 0 Å². The molecular weight excluding hydrogens is 152 g/mol. The van der Waals surface area contributed by atoms with E-state index in [1.807, 2.05) is 6.92 Å². The van der Waals surface area contributed by atoms with Gasteiger partial charge in [0.1, 0.15) is 0 Å². The number of hydrogen-bond donors (Lipinski definition) is 0. The minimum absolute atomic E-state index is 0. The number of hydrogen-bond acceptors (Lipinski definition) is 2. The first-order valence-electron chi connectivity index (χ1n) is 3.70. The third-order valence-electron chi connectivity index (χ3n) is 0.498. The van der Waals surface area contributed by atoms with Crippen molar-refractivity contribution in [1.82, 2.24) is 0 Å². The van der Waals surface area contributed by atoms with Gasteiger partial charge >= 0.3 is 23.1 Å². The van der Waals surface area contributed by atoms with Crippen LogP contribution in [0.4, 0.5) is 0 Å². The van der Waals surface area contributed by atoms with Crippen LogP contribution in [0.15, 0.2) is 0 Å². The second-order valence-electron chi connectivity index (χ2n) is 3.17. The molecular formula is C8H18MgO2. The van der Waals surface area contributed by atoms with Crippen molar-refractivity contribution in [2.45, 2.75) is 46.1 Å². The second-order valence-corrected chi connectivity index (χ2v) is 3.17. The molecule has 0 saturated heterocycles. The molecule has 11 heavy (non-hydrogen) atoms. The fourth-order valence-electron chi connectivity index (χ4n) is 0.144. The zero-order chi connectivity index (χ0) is 8.62. The maximum Gasteiger partial charge on any atom is 2.00 e. The molecule has 0 aromatic heterocycles. The van der Waals surface area contributed by atoms with E-state index in [1.165, 1.54) is 0 Å². The Balaban J connectivity index is -0.000000107. The van der Waals surface area contributed by atoms with E-state index >= 15 is 0 Å². The molecule has 0 fully saturated rings. The van der Waals surface area contributed by atoms with Gasteiger partial charge in [0.25, 0.3) is 0 Å². The first-order valence-corrected chi connectivity index (χ1v) is 3.70. The third kappa shape index (κ3) is 112. The van der Waals surface area contributed by atoms with Crippen LogP contribution >= 0.6 is 0 Å². The monoisotopic (exact) mass is 170 g/mol. The van der Waals surface area contributed by atoms with Crippen molar-refractivity contribution in [3.05, 3.63) is 0 Å². The van der Waals surface area contributed by atoms with Crippen LogP contribution < -0.4 is 10.2 Å². The molecule has 0 bridgehead atoms. The van der Waals surface area contributed by atoms with Crippen LogP contribution in [0.3, 0.4) is 0 Å². The van der Waals surface area contributed by atoms with Gasteiger partial charge in [-0.25, -0.2) is 0 Å². The van der Waals surface area contributed by atoms with Gasteiger partial charge in [-0.05, 0) is 0 Å². The second kappa shape index (κ2) is 10.7. The Morgan fingerprint density at radius 3 is 1.45 bits per heavy atom. The van der Waals surface area contributed by atoms with E-state index in [0.717, 1.165) is 12.8 Å². The molecule has 0 heterocycles. The van der Waals surface area contributed by atoms with Crippen molar-refractivity contribution >= 4 is 23.1 Å². The first-order chi connectivity index (χ1) is 4.41. The van der Waals surface area contributed by atoms with Crippen molar-refractivity contribution < 1.29 is 10.2 Å². The average Bonchev–Trinajstić information content (AvgIpc) is 1.63. The Labute approximate surface area is 86.2 Å². The van der Waals surface area contributed by atoms with Crippen LogP contribution in [0.1, 0.15) is 40.5 Å². The summed E-state index contributed by atoms with van der Waals surface area (Å²) in [5.74, 6) is 0. The Hall–Kier alpha value is 0.686. The molecule has 0 saturated carbocycles. The van der Waals surface area contributed by atoms with E-state index in [4.69, 9.17) is 0 Å². The number of unbranched alkanes of at least 4 members (excludes halogenated alkanes) is 1. The van der Waals surface area contributed by atoms with Gasteiger partial charge in [-0.3, -0.25) is 0 Å². The molecule has 0 aromatic rings. The maximum atomic E-state index is 10.1. The van der Waals surface area contributed by atoms with Crippen LogP contribution in [0.25, 0.3) is 0 Å². The minimum atomic E-state index is -0.750. The Morgan fingerprint density at radius 2 is 1.45 bits per heavy atom. The molecule has 0 atom stereocenters. The summed E-state index contributed by atoms with van der Waals surface area (Å²) >= 11 is 0.